The van der Waals surface area contributed by atoms with E-state index in [1.165, 1.54) is 0 Å². The summed E-state index contributed by atoms with van der Waals surface area (Å²) in [6.07, 6.45) is 0. The molecule has 0 spiro atoms. The summed E-state index contributed by atoms with van der Waals surface area (Å²) in [5.74, 6) is 0. The van der Waals surface area contributed by atoms with Crippen LogP contribution in [0.5, 0.6) is 0 Å². The number of nitrogens with two attached hydrogens (primary N) is 1. The third-order valence-corrected chi connectivity index (χ3v) is 2.06. The molecule has 1 aromatic carbocycles. The lowest BCUT2D eigenvalue weighted by molar-refractivity contribution is 1.72. The minimum absolute atomic E-state index is 0.0867. The highest BCUT2D eigenvalue weighted by Crippen LogP contribution is 2.15. The number of nitrogen functional groups attached to an aromatic ring is 1. The first-order chi connectivity index (χ1) is 5.34. The number of anilines is 1. The van der Waals surface area contributed by atoms with Crippen LogP contribution < -0.4 is 11.0 Å². The van der Waals surface area contributed by atoms with Crippen LogP contribution in [0.15, 0.2) is 29.2 Å². The molecule has 4 nitrogen and oxygen atoms in total. The molecule has 1 unspecified atom stereocenters. The first-order valence-corrected chi connectivity index (χ1v) is 3.94. The number of nitrogens with zero attached hydrogens (tertiary/aromatic N) is 3. The maximum absolute atomic E-state index is 8.04. The first kappa shape index (κ1) is 7.86. The third kappa shape index (κ3) is 2.11. The van der Waals surface area contributed by atoms with Crippen molar-refractivity contribution in [2.75, 3.05) is 5.73 Å². The van der Waals surface area contributed by atoms with E-state index >= 15 is 0 Å². The zero-order valence-electron chi connectivity index (χ0n) is 5.73. The number of hydrogen-bond donors (Lipinski definition) is 1. The van der Waals surface area contributed by atoms with Crippen molar-refractivity contribution in [3.8, 4) is 0 Å². The lowest BCUT2D eigenvalue weighted by atomic mass is 10.3. The number of para-hydroxylation sites is 1. The van der Waals surface area contributed by atoms with E-state index in [1.807, 2.05) is 18.2 Å². The predicted octanol–water partition coefficient (Wildman–Crippen LogP) is 1.80. The molecule has 0 radical (unpaired) electrons. The Hall–Kier alpha value is -1.24. The maximum atomic E-state index is 8.04. The number of azide groups is 1. The molecule has 0 fully saturated rings. The van der Waals surface area contributed by atoms with Crippen LogP contribution in [0.3, 0.4) is 0 Å². The van der Waals surface area contributed by atoms with Crippen molar-refractivity contribution in [2.45, 2.75) is 0 Å². The van der Waals surface area contributed by atoms with E-state index < -0.39 is 0 Å². The van der Waals surface area contributed by atoms with Crippen molar-refractivity contribution in [3.63, 3.8) is 0 Å². The van der Waals surface area contributed by atoms with Crippen molar-refractivity contribution >= 4 is 19.7 Å². The molecule has 56 valence electrons. The molecule has 1 rings (SSSR count). The van der Waals surface area contributed by atoms with Gasteiger partial charge in [-0.05, 0) is 11.6 Å². The van der Waals surface area contributed by atoms with Gasteiger partial charge in [-0.3, -0.25) is 0 Å². The molecule has 0 saturated carbocycles. The summed E-state index contributed by atoms with van der Waals surface area (Å²) >= 11 is 0. The standard InChI is InChI=1S/C6H7N4P/c7-5-3-1-2-4-6(5)11-10-9-8/h1-4,11H,7H2. The zero-order valence-corrected chi connectivity index (χ0v) is 6.73. The quantitative estimate of drug-likeness (QED) is 0.235. The van der Waals surface area contributed by atoms with Gasteiger partial charge in [-0.25, -0.2) is 0 Å². The molecule has 11 heavy (non-hydrogen) atoms. The minimum Gasteiger partial charge on any atom is -0.398 e. The first-order valence-electron chi connectivity index (χ1n) is 2.99. The van der Waals surface area contributed by atoms with Gasteiger partial charge in [0.15, 0.2) is 0 Å². The average Bonchev–Trinajstić information content (AvgIpc) is 2.03. The van der Waals surface area contributed by atoms with Gasteiger partial charge in [0, 0.05) is 24.6 Å². The van der Waals surface area contributed by atoms with E-state index in [0.29, 0.717) is 5.69 Å². The lowest BCUT2D eigenvalue weighted by Gasteiger charge is -1.98. The van der Waals surface area contributed by atoms with Gasteiger partial charge in [0.2, 0.25) is 0 Å². The summed E-state index contributed by atoms with van der Waals surface area (Å²) in [6, 6.07) is 7.35. The Morgan fingerprint density at radius 2 is 2.18 bits per heavy atom. The van der Waals surface area contributed by atoms with Gasteiger partial charge in [-0.2, -0.15) is 0 Å². The van der Waals surface area contributed by atoms with E-state index in [9.17, 15) is 0 Å². The molecule has 1 atom stereocenters. The number of rotatable bonds is 2. The van der Waals surface area contributed by atoms with E-state index in [1.54, 1.807) is 6.07 Å². The topological polar surface area (TPSA) is 74.8 Å². The van der Waals surface area contributed by atoms with Crippen molar-refractivity contribution in [1.29, 1.82) is 0 Å². The second-order valence-corrected chi connectivity index (χ2v) is 2.85. The van der Waals surface area contributed by atoms with Crippen LogP contribution in [0, 0.1) is 0 Å². The summed E-state index contributed by atoms with van der Waals surface area (Å²) in [5.41, 5.74) is 14.3. The molecule has 2 N–H and O–H groups in total. The van der Waals surface area contributed by atoms with E-state index in [2.05, 4.69) is 9.80 Å². The van der Waals surface area contributed by atoms with Crippen molar-refractivity contribution in [2.24, 2.45) is 4.88 Å². The van der Waals surface area contributed by atoms with Gasteiger partial charge in [-0.15, -0.1) is 0 Å². The van der Waals surface area contributed by atoms with Gasteiger partial charge in [0.25, 0.3) is 0 Å². The second-order valence-electron chi connectivity index (χ2n) is 1.89. The van der Waals surface area contributed by atoms with Crippen LogP contribution in [0.4, 0.5) is 5.69 Å². The molecule has 5 heteroatoms. The normalized spacial score (nSPS) is 9.82. The monoisotopic (exact) mass is 166 g/mol. The van der Waals surface area contributed by atoms with Crippen LogP contribution in [0.2, 0.25) is 0 Å². The molecule has 1 aromatic rings. The Kier molecular flexibility index (Phi) is 2.73. The maximum Gasteiger partial charge on any atom is 0.0391 e. The Bertz CT molecular complexity index is 292. The highest BCUT2D eigenvalue weighted by atomic mass is 31.1. The molecule has 0 heterocycles. The SMILES string of the molecule is [N-]=[N+]=NPc1ccccc1N. The summed E-state index contributed by atoms with van der Waals surface area (Å²) in [5, 5.41) is 0.894. The zero-order chi connectivity index (χ0) is 8.10. The summed E-state index contributed by atoms with van der Waals surface area (Å²) < 4.78 is 0. The van der Waals surface area contributed by atoms with Crippen molar-refractivity contribution in [1.82, 2.24) is 0 Å². The predicted molar refractivity (Wildman–Crippen MR) is 47.9 cm³/mol. The summed E-state index contributed by atoms with van der Waals surface area (Å²) in [4.78, 5) is 6.09. The Morgan fingerprint density at radius 3 is 2.82 bits per heavy atom. The van der Waals surface area contributed by atoms with Crippen LogP contribution >= 0.6 is 8.73 Å². The highest BCUT2D eigenvalue weighted by Gasteiger charge is 1.93. The van der Waals surface area contributed by atoms with Crippen LogP contribution in [0.1, 0.15) is 0 Å². The molecule has 0 aromatic heterocycles. The second kappa shape index (κ2) is 3.81. The molecule has 0 aliphatic heterocycles. The Labute approximate surface area is 65.9 Å². The fraction of sp³-hybridized carbons (Fsp3) is 0. The minimum atomic E-state index is 0.0867. The molecule has 0 aliphatic rings. The molecule has 0 bridgehead atoms. The Morgan fingerprint density at radius 1 is 1.45 bits per heavy atom. The van der Waals surface area contributed by atoms with Gasteiger partial charge >= 0.3 is 0 Å². The molecular formula is C6H7N4P. The van der Waals surface area contributed by atoms with Gasteiger partial charge in [-0.1, -0.05) is 23.1 Å². The van der Waals surface area contributed by atoms with E-state index in [4.69, 9.17) is 11.3 Å². The number of benzene rings is 1. The molecule has 0 amide bonds. The van der Waals surface area contributed by atoms with Crippen molar-refractivity contribution < 1.29 is 0 Å². The van der Waals surface area contributed by atoms with E-state index in [0.717, 1.165) is 5.30 Å². The smallest absolute Gasteiger partial charge is 0.0391 e. The van der Waals surface area contributed by atoms with Crippen molar-refractivity contribution in [3.05, 3.63) is 34.7 Å². The van der Waals surface area contributed by atoms with Crippen LogP contribution in [-0.2, 0) is 0 Å². The number of hydrogen-bond acceptors (Lipinski definition) is 2. The largest absolute Gasteiger partial charge is 0.398 e. The van der Waals surface area contributed by atoms with Crippen LogP contribution in [0.25, 0.3) is 10.4 Å². The Balaban J connectivity index is 2.85. The lowest BCUT2D eigenvalue weighted by Crippen LogP contribution is -2.00. The van der Waals surface area contributed by atoms with Gasteiger partial charge in [0.1, 0.15) is 0 Å². The average molecular weight is 166 g/mol. The molecule has 0 aliphatic carbocycles. The molecule has 0 saturated heterocycles. The summed E-state index contributed by atoms with van der Waals surface area (Å²) in [6.45, 7) is 0. The highest BCUT2D eigenvalue weighted by molar-refractivity contribution is 7.46. The van der Waals surface area contributed by atoms with Crippen LogP contribution in [-0.4, -0.2) is 0 Å². The fourth-order valence-corrected chi connectivity index (χ4v) is 1.21. The summed E-state index contributed by atoms with van der Waals surface area (Å²) in [7, 11) is 0.0867. The van der Waals surface area contributed by atoms with Gasteiger partial charge < -0.3 is 5.73 Å². The molecular weight excluding hydrogens is 159 g/mol. The fourth-order valence-electron chi connectivity index (χ4n) is 0.675. The van der Waals surface area contributed by atoms with E-state index in [-0.39, 0.29) is 8.73 Å². The third-order valence-electron chi connectivity index (χ3n) is 1.18. The van der Waals surface area contributed by atoms with Gasteiger partial charge in [0.05, 0.1) is 0 Å².